The first-order valence-electron chi connectivity index (χ1n) is 6.75. The number of methoxy groups -OCH3 is 1. The van der Waals surface area contributed by atoms with Gasteiger partial charge in [0.15, 0.2) is 0 Å². The van der Waals surface area contributed by atoms with Crippen LogP contribution in [0.15, 0.2) is 18.2 Å². The quantitative estimate of drug-likeness (QED) is 0.890. The van der Waals surface area contributed by atoms with E-state index in [4.69, 9.17) is 16.3 Å². The van der Waals surface area contributed by atoms with Crippen molar-refractivity contribution in [3.8, 4) is 5.75 Å². The summed E-state index contributed by atoms with van der Waals surface area (Å²) in [6.07, 6.45) is 5.24. The molecule has 2 nitrogen and oxygen atoms in total. The van der Waals surface area contributed by atoms with Crippen LogP contribution < -0.4 is 10.1 Å². The topological polar surface area (TPSA) is 21.3 Å². The first-order valence-corrected chi connectivity index (χ1v) is 7.12. The summed E-state index contributed by atoms with van der Waals surface area (Å²) in [5.41, 5.74) is 1.14. The minimum atomic E-state index is 0.643. The van der Waals surface area contributed by atoms with Gasteiger partial charge in [-0.05, 0) is 49.8 Å². The lowest BCUT2D eigenvalue weighted by atomic mass is 9.87. The van der Waals surface area contributed by atoms with Gasteiger partial charge in [-0.15, -0.1) is 0 Å². The first kappa shape index (κ1) is 13.7. The molecule has 0 bridgehead atoms. The molecule has 0 atom stereocenters. The summed E-state index contributed by atoms with van der Waals surface area (Å²) >= 11 is 6.03. The Balaban J connectivity index is 1.91. The molecule has 1 aromatic rings. The van der Waals surface area contributed by atoms with Gasteiger partial charge in [0.25, 0.3) is 0 Å². The highest BCUT2D eigenvalue weighted by atomic mass is 35.5. The summed E-state index contributed by atoms with van der Waals surface area (Å²) in [6, 6.07) is 6.43. The summed E-state index contributed by atoms with van der Waals surface area (Å²) < 4.78 is 5.36. The molecule has 18 heavy (non-hydrogen) atoms. The zero-order valence-corrected chi connectivity index (χ0v) is 12.0. The zero-order chi connectivity index (χ0) is 13.0. The van der Waals surface area contributed by atoms with Crippen molar-refractivity contribution in [3.63, 3.8) is 0 Å². The van der Waals surface area contributed by atoms with E-state index in [1.54, 1.807) is 7.11 Å². The molecule has 0 radical (unpaired) electrons. The molecule has 1 saturated carbocycles. The van der Waals surface area contributed by atoms with Gasteiger partial charge in [0.1, 0.15) is 5.75 Å². The molecule has 0 heterocycles. The second-order valence-electron chi connectivity index (χ2n) is 5.29. The average Bonchev–Trinajstić information content (AvgIpc) is 2.38. The molecule has 1 aliphatic rings. The lowest BCUT2D eigenvalue weighted by molar-refractivity contribution is 0.305. The Kier molecular flexibility index (Phi) is 4.90. The molecule has 0 aliphatic heterocycles. The SMILES string of the molecule is COc1ccc(Cl)cc1CNC1CCC(C)CC1. The largest absolute Gasteiger partial charge is 0.496 e. The Morgan fingerprint density at radius 1 is 1.28 bits per heavy atom. The van der Waals surface area contributed by atoms with Crippen molar-refractivity contribution in [3.05, 3.63) is 28.8 Å². The zero-order valence-electron chi connectivity index (χ0n) is 11.2. The van der Waals surface area contributed by atoms with Gasteiger partial charge in [0.05, 0.1) is 7.11 Å². The highest BCUT2D eigenvalue weighted by Gasteiger charge is 2.17. The second-order valence-corrected chi connectivity index (χ2v) is 5.73. The van der Waals surface area contributed by atoms with Crippen molar-refractivity contribution in [2.45, 2.75) is 45.2 Å². The highest BCUT2D eigenvalue weighted by Crippen LogP contribution is 2.25. The summed E-state index contributed by atoms with van der Waals surface area (Å²) in [7, 11) is 1.70. The number of hydrogen-bond acceptors (Lipinski definition) is 2. The van der Waals surface area contributed by atoms with Crippen LogP contribution in [0.3, 0.4) is 0 Å². The van der Waals surface area contributed by atoms with Gasteiger partial charge in [-0.3, -0.25) is 0 Å². The molecule has 100 valence electrons. The van der Waals surface area contributed by atoms with Gasteiger partial charge >= 0.3 is 0 Å². The first-order chi connectivity index (χ1) is 8.69. The van der Waals surface area contributed by atoms with E-state index in [9.17, 15) is 0 Å². The van der Waals surface area contributed by atoms with E-state index in [1.807, 2.05) is 18.2 Å². The number of benzene rings is 1. The number of halogens is 1. The predicted molar refractivity (Wildman–Crippen MR) is 76.3 cm³/mol. The fourth-order valence-electron chi connectivity index (χ4n) is 2.60. The van der Waals surface area contributed by atoms with Crippen molar-refractivity contribution in [2.24, 2.45) is 5.92 Å². The molecule has 1 fully saturated rings. The van der Waals surface area contributed by atoms with E-state index in [-0.39, 0.29) is 0 Å². The third-order valence-corrected chi connectivity index (χ3v) is 4.07. The molecular formula is C15H22ClNO. The maximum atomic E-state index is 6.03. The Morgan fingerprint density at radius 2 is 2.00 bits per heavy atom. The summed E-state index contributed by atoms with van der Waals surface area (Å²) in [6.45, 7) is 3.18. The van der Waals surface area contributed by atoms with Crippen molar-refractivity contribution < 1.29 is 4.74 Å². The van der Waals surface area contributed by atoms with E-state index < -0.39 is 0 Å². The molecule has 1 aliphatic carbocycles. The number of ether oxygens (including phenoxy) is 1. The van der Waals surface area contributed by atoms with Crippen LogP contribution in [0.4, 0.5) is 0 Å². The van der Waals surface area contributed by atoms with E-state index in [1.165, 1.54) is 25.7 Å². The minimum absolute atomic E-state index is 0.643. The van der Waals surface area contributed by atoms with Crippen LogP contribution in [0.2, 0.25) is 5.02 Å². The van der Waals surface area contributed by atoms with Crippen molar-refractivity contribution in [1.82, 2.24) is 5.32 Å². The van der Waals surface area contributed by atoms with Crippen LogP contribution in [0.5, 0.6) is 5.75 Å². The van der Waals surface area contributed by atoms with Crippen LogP contribution in [-0.4, -0.2) is 13.2 Å². The van der Waals surface area contributed by atoms with Crippen molar-refractivity contribution >= 4 is 11.6 Å². The molecular weight excluding hydrogens is 246 g/mol. The number of hydrogen-bond donors (Lipinski definition) is 1. The fraction of sp³-hybridized carbons (Fsp3) is 0.600. The van der Waals surface area contributed by atoms with Gasteiger partial charge < -0.3 is 10.1 Å². The van der Waals surface area contributed by atoms with E-state index in [2.05, 4.69) is 12.2 Å². The maximum Gasteiger partial charge on any atom is 0.123 e. The van der Waals surface area contributed by atoms with Crippen LogP contribution >= 0.6 is 11.6 Å². The van der Waals surface area contributed by atoms with Crippen LogP contribution in [0, 0.1) is 5.92 Å². The molecule has 0 saturated heterocycles. The van der Waals surface area contributed by atoms with Crippen molar-refractivity contribution in [1.29, 1.82) is 0 Å². The van der Waals surface area contributed by atoms with E-state index in [0.717, 1.165) is 28.8 Å². The summed E-state index contributed by atoms with van der Waals surface area (Å²) in [4.78, 5) is 0. The van der Waals surface area contributed by atoms with Crippen molar-refractivity contribution in [2.75, 3.05) is 7.11 Å². The molecule has 1 aromatic carbocycles. The molecule has 2 rings (SSSR count). The number of nitrogens with one attached hydrogen (secondary N) is 1. The second kappa shape index (κ2) is 6.44. The lowest BCUT2D eigenvalue weighted by Gasteiger charge is -2.27. The normalized spacial score (nSPS) is 23.9. The molecule has 1 N–H and O–H groups in total. The summed E-state index contributed by atoms with van der Waals surface area (Å²) in [5, 5.41) is 4.39. The minimum Gasteiger partial charge on any atom is -0.496 e. The average molecular weight is 268 g/mol. The Labute approximate surface area is 115 Å². The standard InChI is InChI=1S/C15H22ClNO/c1-11-3-6-14(7-4-11)17-10-12-9-13(16)5-8-15(12)18-2/h5,8-9,11,14,17H,3-4,6-7,10H2,1-2H3. The highest BCUT2D eigenvalue weighted by molar-refractivity contribution is 6.30. The van der Waals surface area contributed by atoms with Crippen LogP contribution in [0.1, 0.15) is 38.2 Å². The van der Waals surface area contributed by atoms with Crippen LogP contribution in [-0.2, 0) is 6.54 Å². The molecule has 0 aromatic heterocycles. The lowest BCUT2D eigenvalue weighted by Crippen LogP contribution is -2.32. The fourth-order valence-corrected chi connectivity index (χ4v) is 2.80. The molecule has 0 amide bonds. The van der Waals surface area contributed by atoms with Gasteiger partial charge in [0, 0.05) is 23.2 Å². The monoisotopic (exact) mass is 267 g/mol. The van der Waals surface area contributed by atoms with Gasteiger partial charge in [-0.25, -0.2) is 0 Å². The molecule has 0 unspecified atom stereocenters. The Bertz CT molecular complexity index is 386. The van der Waals surface area contributed by atoms with E-state index >= 15 is 0 Å². The van der Waals surface area contributed by atoms with Crippen LogP contribution in [0.25, 0.3) is 0 Å². The molecule has 0 spiro atoms. The Hall–Kier alpha value is -0.730. The maximum absolute atomic E-state index is 6.03. The number of rotatable bonds is 4. The third-order valence-electron chi connectivity index (χ3n) is 3.84. The van der Waals surface area contributed by atoms with E-state index in [0.29, 0.717) is 6.04 Å². The van der Waals surface area contributed by atoms with Gasteiger partial charge in [-0.1, -0.05) is 18.5 Å². The Morgan fingerprint density at radius 3 is 2.67 bits per heavy atom. The molecule has 3 heteroatoms. The van der Waals surface area contributed by atoms with Gasteiger partial charge in [-0.2, -0.15) is 0 Å². The van der Waals surface area contributed by atoms with Gasteiger partial charge in [0.2, 0.25) is 0 Å². The smallest absolute Gasteiger partial charge is 0.123 e. The predicted octanol–water partition coefficient (Wildman–Crippen LogP) is 4.02. The third kappa shape index (κ3) is 3.63. The summed E-state index contributed by atoms with van der Waals surface area (Å²) in [5.74, 6) is 1.81.